The lowest BCUT2D eigenvalue weighted by Crippen LogP contribution is -2.24. The molecule has 5 nitrogen and oxygen atoms in total. The number of hydrogen-bond donors (Lipinski definition) is 1. The number of hydrogen-bond acceptors (Lipinski definition) is 4. The minimum atomic E-state index is -1.02. The molecule has 0 bridgehead atoms. The molecular formula is C14H20N2O3. The van der Waals surface area contributed by atoms with Crippen molar-refractivity contribution in [2.24, 2.45) is 5.92 Å². The predicted octanol–water partition coefficient (Wildman–Crippen LogP) is 3.03. The summed E-state index contributed by atoms with van der Waals surface area (Å²) < 4.78 is 5.65. The van der Waals surface area contributed by atoms with Crippen molar-refractivity contribution in [3.05, 3.63) is 17.9 Å². The van der Waals surface area contributed by atoms with Crippen LogP contribution in [0.2, 0.25) is 0 Å². The quantitative estimate of drug-likeness (QED) is 0.827. The Kier molecular flexibility index (Phi) is 4.02. The van der Waals surface area contributed by atoms with E-state index >= 15 is 0 Å². The maximum absolute atomic E-state index is 10.5. The van der Waals surface area contributed by atoms with Gasteiger partial charge in [0.05, 0.1) is 0 Å². The Labute approximate surface area is 112 Å². The molecule has 1 fully saturated rings. The topological polar surface area (TPSA) is 76.2 Å². The molecule has 0 amide bonds. The van der Waals surface area contributed by atoms with Gasteiger partial charge in [-0.05, 0) is 25.2 Å². The van der Waals surface area contributed by atoms with E-state index in [0.717, 1.165) is 25.3 Å². The Morgan fingerprint density at radius 2 is 2.11 bits per heavy atom. The minimum Gasteiger partial charge on any atom is -0.478 e. The van der Waals surface area contributed by atoms with Gasteiger partial charge in [-0.25, -0.2) is 4.79 Å². The van der Waals surface area contributed by atoms with Crippen molar-refractivity contribution in [3.8, 4) is 0 Å². The van der Waals surface area contributed by atoms with E-state index in [-0.39, 0.29) is 11.3 Å². The first kappa shape index (κ1) is 13.8. The molecule has 1 aliphatic rings. The van der Waals surface area contributed by atoms with Gasteiger partial charge in [0.15, 0.2) is 0 Å². The standard InChI is InChI=1S/C14H20N2O3/c1-10(2)9-14(7-3-4-8-14)13-16-15-11(19-13)5-6-12(17)18/h5-6,10H,3-4,7-9H2,1-2H3,(H,17,18)/b6-5+. The third-order valence-corrected chi connectivity index (χ3v) is 3.62. The van der Waals surface area contributed by atoms with E-state index in [1.807, 2.05) is 0 Å². The molecule has 1 aliphatic carbocycles. The monoisotopic (exact) mass is 264 g/mol. The lowest BCUT2D eigenvalue weighted by Gasteiger charge is -2.26. The molecule has 104 valence electrons. The van der Waals surface area contributed by atoms with Crippen LogP contribution in [0.4, 0.5) is 0 Å². The SMILES string of the molecule is CC(C)CC1(c2nnc(/C=C/C(=O)O)o2)CCCC1. The fourth-order valence-electron chi connectivity index (χ4n) is 3.00. The third kappa shape index (κ3) is 3.22. The van der Waals surface area contributed by atoms with Crippen molar-refractivity contribution in [2.75, 3.05) is 0 Å². The summed E-state index contributed by atoms with van der Waals surface area (Å²) in [5.74, 6) is 0.497. The largest absolute Gasteiger partial charge is 0.478 e. The van der Waals surface area contributed by atoms with Gasteiger partial charge in [0.2, 0.25) is 11.8 Å². The smallest absolute Gasteiger partial charge is 0.328 e. The first-order chi connectivity index (χ1) is 9.02. The van der Waals surface area contributed by atoms with Crippen molar-refractivity contribution < 1.29 is 14.3 Å². The van der Waals surface area contributed by atoms with Crippen LogP contribution < -0.4 is 0 Å². The zero-order valence-electron chi connectivity index (χ0n) is 11.4. The zero-order valence-corrected chi connectivity index (χ0v) is 11.4. The number of nitrogens with zero attached hydrogens (tertiary/aromatic N) is 2. The molecule has 1 N–H and O–H groups in total. The number of carboxylic acid groups (broad SMARTS) is 1. The summed E-state index contributed by atoms with van der Waals surface area (Å²) in [4.78, 5) is 10.5. The molecule has 0 saturated heterocycles. The molecule has 0 spiro atoms. The normalized spacial score (nSPS) is 18.5. The second-order valence-electron chi connectivity index (χ2n) is 5.70. The average Bonchev–Trinajstić information content (AvgIpc) is 2.94. The summed E-state index contributed by atoms with van der Waals surface area (Å²) in [7, 11) is 0. The fraction of sp³-hybridized carbons (Fsp3) is 0.643. The molecule has 1 saturated carbocycles. The van der Waals surface area contributed by atoms with Crippen LogP contribution in [0.15, 0.2) is 10.5 Å². The Hall–Kier alpha value is -1.65. The predicted molar refractivity (Wildman–Crippen MR) is 70.6 cm³/mol. The van der Waals surface area contributed by atoms with Crippen LogP contribution in [0.25, 0.3) is 6.08 Å². The van der Waals surface area contributed by atoms with Gasteiger partial charge < -0.3 is 9.52 Å². The first-order valence-electron chi connectivity index (χ1n) is 6.77. The summed E-state index contributed by atoms with van der Waals surface area (Å²) >= 11 is 0. The van der Waals surface area contributed by atoms with Gasteiger partial charge in [0.25, 0.3) is 0 Å². The van der Waals surface area contributed by atoms with Gasteiger partial charge in [0.1, 0.15) is 0 Å². The molecule has 2 rings (SSSR count). The van der Waals surface area contributed by atoms with Crippen LogP contribution in [0.5, 0.6) is 0 Å². The van der Waals surface area contributed by atoms with Crippen molar-refractivity contribution in [3.63, 3.8) is 0 Å². The van der Waals surface area contributed by atoms with Crippen molar-refractivity contribution in [1.29, 1.82) is 0 Å². The highest BCUT2D eigenvalue weighted by atomic mass is 16.4. The van der Waals surface area contributed by atoms with Gasteiger partial charge in [-0.2, -0.15) is 0 Å². The molecule has 19 heavy (non-hydrogen) atoms. The lowest BCUT2D eigenvalue weighted by molar-refractivity contribution is -0.131. The summed E-state index contributed by atoms with van der Waals surface area (Å²) in [6, 6.07) is 0. The van der Waals surface area contributed by atoms with Crippen molar-refractivity contribution in [2.45, 2.75) is 51.4 Å². The third-order valence-electron chi connectivity index (χ3n) is 3.62. The molecule has 0 aromatic carbocycles. The van der Waals surface area contributed by atoms with Crippen molar-refractivity contribution >= 4 is 12.0 Å². The van der Waals surface area contributed by atoms with E-state index in [2.05, 4.69) is 24.0 Å². The van der Waals surface area contributed by atoms with Gasteiger partial charge in [-0.3, -0.25) is 0 Å². The number of carboxylic acids is 1. The summed E-state index contributed by atoms with van der Waals surface area (Å²) in [6.45, 7) is 4.39. The van der Waals surface area contributed by atoms with E-state index in [1.54, 1.807) is 0 Å². The lowest BCUT2D eigenvalue weighted by atomic mass is 9.78. The van der Waals surface area contributed by atoms with Gasteiger partial charge >= 0.3 is 5.97 Å². The minimum absolute atomic E-state index is 0.00349. The van der Waals surface area contributed by atoms with Crippen LogP contribution in [0.1, 0.15) is 57.7 Å². The Bertz CT molecular complexity index is 471. The molecule has 0 atom stereocenters. The Morgan fingerprint density at radius 1 is 1.42 bits per heavy atom. The van der Waals surface area contributed by atoms with Crippen LogP contribution in [-0.4, -0.2) is 21.3 Å². The number of carbonyl (C=O) groups is 1. The maximum Gasteiger partial charge on any atom is 0.328 e. The van der Waals surface area contributed by atoms with E-state index in [4.69, 9.17) is 9.52 Å². The zero-order chi connectivity index (χ0) is 13.9. The average molecular weight is 264 g/mol. The van der Waals surface area contributed by atoms with Crippen LogP contribution in [0.3, 0.4) is 0 Å². The van der Waals surface area contributed by atoms with Crippen LogP contribution in [0, 0.1) is 5.92 Å². The van der Waals surface area contributed by atoms with E-state index in [9.17, 15) is 4.79 Å². The molecule has 5 heteroatoms. The molecule has 0 unspecified atom stereocenters. The first-order valence-corrected chi connectivity index (χ1v) is 6.77. The number of rotatable bonds is 5. The van der Waals surface area contributed by atoms with Gasteiger partial charge in [-0.1, -0.05) is 26.7 Å². The van der Waals surface area contributed by atoms with Crippen LogP contribution >= 0.6 is 0 Å². The highest BCUT2D eigenvalue weighted by Gasteiger charge is 2.40. The van der Waals surface area contributed by atoms with E-state index < -0.39 is 5.97 Å². The number of aromatic nitrogens is 2. The highest BCUT2D eigenvalue weighted by Crippen LogP contribution is 2.44. The molecular weight excluding hydrogens is 244 g/mol. The van der Waals surface area contributed by atoms with E-state index in [1.165, 1.54) is 18.9 Å². The maximum atomic E-state index is 10.5. The second kappa shape index (κ2) is 5.55. The molecule has 0 aliphatic heterocycles. The Morgan fingerprint density at radius 3 is 2.68 bits per heavy atom. The number of aliphatic carboxylic acids is 1. The Balaban J connectivity index is 2.21. The molecule has 1 aromatic rings. The molecule has 0 radical (unpaired) electrons. The molecule has 1 aromatic heterocycles. The van der Waals surface area contributed by atoms with Gasteiger partial charge in [0, 0.05) is 17.6 Å². The highest BCUT2D eigenvalue weighted by molar-refractivity contribution is 5.84. The van der Waals surface area contributed by atoms with Gasteiger partial charge in [-0.15, -0.1) is 10.2 Å². The van der Waals surface area contributed by atoms with E-state index in [0.29, 0.717) is 11.8 Å². The second-order valence-corrected chi connectivity index (χ2v) is 5.70. The fourth-order valence-corrected chi connectivity index (χ4v) is 3.00. The summed E-state index contributed by atoms with van der Waals surface area (Å²) in [6.07, 6.45) is 7.94. The summed E-state index contributed by atoms with van der Waals surface area (Å²) in [5, 5.41) is 16.6. The van der Waals surface area contributed by atoms with Crippen molar-refractivity contribution in [1.82, 2.24) is 10.2 Å². The molecule has 1 heterocycles. The van der Waals surface area contributed by atoms with Crippen LogP contribution in [-0.2, 0) is 10.2 Å². The summed E-state index contributed by atoms with van der Waals surface area (Å²) in [5.41, 5.74) is -0.00349.